The van der Waals surface area contributed by atoms with Gasteiger partial charge in [0.1, 0.15) is 0 Å². The van der Waals surface area contributed by atoms with E-state index in [2.05, 4.69) is 65.8 Å². The second-order valence-corrected chi connectivity index (χ2v) is 7.01. The van der Waals surface area contributed by atoms with Gasteiger partial charge >= 0.3 is 0 Å². The smallest absolute Gasteiger partial charge is 0.191 e. The summed E-state index contributed by atoms with van der Waals surface area (Å²) in [6.45, 7) is 7.91. The van der Waals surface area contributed by atoms with E-state index in [9.17, 15) is 0 Å². The minimum atomic E-state index is 0.0724. The summed E-state index contributed by atoms with van der Waals surface area (Å²) in [7, 11) is 3.52. The molecule has 25 heavy (non-hydrogen) atoms. The maximum absolute atomic E-state index is 5.57. The fourth-order valence-corrected chi connectivity index (χ4v) is 2.53. The molecule has 0 amide bonds. The van der Waals surface area contributed by atoms with E-state index in [1.165, 1.54) is 5.56 Å². The molecule has 1 aromatic heterocycles. The highest BCUT2D eigenvalue weighted by Crippen LogP contribution is 2.20. The van der Waals surface area contributed by atoms with Crippen molar-refractivity contribution < 1.29 is 4.74 Å². The summed E-state index contributed by atoms with van der Waals surface area (Å²) in [6, 6.07) is 10.2. The Labute approximate surface area is 150 Å². The van der Waals surface area contributed by atoms with Gasteiger partial charge in [0.05, 0.1) is 11.8 Å². The monoisotopic (exact) mass is 343 g/mol. The van der Waals surface area contributed by atoms with Crippen LogP contribution in [0.4, 0.5) is 0 Å². The molecule has 0 saturated carbocycles. The lowest BCUT2D eigenvalue weighted by Gasteiger charge is -2.30. The molecule has 1 atom stereocenters. The van der Waals surface area contributed by atoms with Crippen LogP contribution in [0.25, 0.3) is 5.69 Å². The van der Waals surface area contributed by atoms with E-state index >= 15 is 0 Å². The van der Waals surface area contributed by atoms with E-state index in [-0.39, 0.29) is 11.5 Å². The normalized spacial score (nSPS) is 13.6. The minimum Gasteiger partial charge on any atom is -0.379 e. The third-order valence-electron chi connectivity index (χ3n) is 4.09. The van der Waals surface area contributed by atoms with E-state index in [4.69, 9.17) is 4.74 Å². The number of hydrogen-bond acceptors (Lipinski definition) is 3. The molecule has 1 aromatic carbocycles. The second kappa shape index (κ2) is 8.67. The van der Waals surface area contributed by atoms with Gasteiger partial charge in [0.15, 0.2) is 5.96 Å². The zero-order valence-electron chi connectivity index (χ0n) is 15.8. The highest BCUT2D eigenvalue weighted by molar-refractivity contribution is 5.79. The van der Waals surface area contributed by atoms with Crippen molar-refractivity contribution in [3.63, 3.8) is 0 Å². The highest BCUT2D eigenvalue weighted by atomic mass is 16.5. The molecule has 0 aliphatic heterocycles. The average molecular weight is 343 g/mol. The fraction of sp³-hybridized carbons (Fsp3) is 0.474. The number of benzene rings is 1. The van der Waals surface area contributed by atoms with E-state index in [1.54, 1.807) is 20.4 Å². The van der Waals surface area contributed by atoms with Crippen LogP contribution >= 0.6 is 0 Å². The van der Waals surface area contributed by atoms with E-state index < -0.39 is 0 Å². The molecule has 0 fully saturated rings. The van der Waals surface area contributed by atoms with Crippen LogP contribution in [0.5, 0.6) is 0 Å². The Morgan fingerprint density at radius 2 is 1.96 bits per heavy atom. The Balaban J connectivity index is 1.86. The summed E-state index contributed by atoms with van der Waals surface area (Å²) in [5, 5.41) is 10.9. The lowest BCUT2D eigenvalue weighted by atomic mass is 9.89. The molecule has 6 nitrogen and oxygen atoms in total. The van der Waals surface area contributed by atoms with E-state index in [0.717, 1.165) is 11.6 Å². The molecule has 2 rings (SSSR count). The molecule has 0 bridgehead atoms. The van der Waals surface area contributed by atoms with Gasteiger partial charge in [-0.25, -0.2) is 4.68 Å². The first-order valence-corrected chi connectivity index (χ1v) is 8.50. The van der Waals surface area contributed by atoms with Crippen molar-refractivity contribution in [1.82, 2.24) is 20.4 Å². The number of nitrogens with zero attached hydrogens (tertiary/aromatic N) is 3. The van der Waals surface area contributed by atoms with Crippen LogP contribution in [0.2, 0.25) is 0 Å². The van der Waals surface area contributed by atoms with Crippen LogP contribution in [-0.4, -0.2) is 42.5 Å². The number of aliphatic imine (C=N–C) groups is 1. The van der Waals surface area contributed by atoms with Crippen molar-refractivity contribution in [3.05, 3.63) is 48.3 Å². The standard InChI is InChI=1S/C19H29N5O/c1-19(2,3)17(25-5)14-22-18(20-4)21-13-15-7-9-16(10-8-15)24-12-6-11-23-24/h6-12,17H,13-14H2,1-5H3,(H2,20,21,22). The quantitative estimate of drug-likeness (QED) is 0.625. The molecule has 1 heterocycles. The van der Waals surface area contributed by atoms with Crippen molar-refractivity contribution in [2.24, 2.45) is 10.4 Å². The SMILES string of the molecule is CN=C(NCc1ccc(-n2cccn2)cc1)NCC(OC)C(C)(C)C. The summed E-state index contributed by atoms with van der Waals surface area (Å²) in [4.78, 5) is 4.27. The Kier molecular flexibility index (Phi) is 6.58. The van der Waals surface area contributed by atoms with Gasteiger partial charge < -0.3 is 15.4 Å². The lowest BCUT2D eigenvalue weighted by Crippen LogP contribution is -2.45. The molecule has 0 aliphatic rings. The van der Waals surface area contributed by atoms with Crippen LogP contribution in [0.3, 0.4) is 0 Å². The molecule has 0 aliphatic carbocycles. The predicted octanol–water partition coefficient (Wildman–Crippen LogP) is 2.60. The van der Waals surface area contributed by atoms with Gasteiger partial charge in [-0.1, -0.05) is 32.9 Å². The molecular formula is C19H29N5O. The van der Waals surface area contributed by atoms with Crippen molar-refractivity contribution in [1.29, 1.82) is 0 Å². The number of rotatable bonds is 6. The van der Waals surface area contributed by atoms with E-state index in [0.29, 0.717) is 13.1 Å². The van der Waals surface area contributed by atoms with Crippen LogP contribution in [0.1, 0.15) is 26.3 Å². The summed E-state index contributed by atoms with van der Waals surface area (Å²) < 4.78 is 7.41. The minimum absolute atomic E-state index is 0.0724. The summed E-state index contributed by atoms with van der Waals surface area (Å²) in [5.74, 6) is 0.766. The highest BCUT2D eigenvalue weighted by Gasteiger charge is 2.24. The van der Waals surface area contributed by atoms with Gasteiger partial charge in [0.25, 0.3) is 0 Å². The molecule has 0 radical (unpaired) electrons. The van der Waals surface area contributed by atoms with Crippen LogP contribution in [-0.2, 0) is 11.3 Å². The van der Waals surface area contributed by atoms with Crippen molar-refractivity contribution in [2.75, 3.05) is 20.7 Å². The largest absolute Gasteiger partial charge is 0.379 e. The Bertz CT molecular complexity index is 656. The molecule has 6 heteroatoms. The van der Waals surface area contributed by atoms with Gasteiger partial charge in [-0.15, -0.1) is 0 Å². The fourth-order valence-electron chi connectivity index (χ4n) is 2.53. The molecule has 136 valence electrons. The number of nitrogens with one attached hydrogen (secondary N) is 2. The first kappa shape index (κ1) is 19.0. The third-order valence-corrected chi connectivity index (χ3v) is 4.09. The topological polar surface area (TPSA) is 63.5 Å². The van der Waals surface area contributed by atoms with Crippen LogP contribution < -0.4 is 10.6 Å². The van der Waals surface area contributed by atoms with Gasteiger partial charge in [0, 0.05) is 39.6 Å². The van der Waals surface area contributed by atoms with Crippen molar-refractivity contribution in [3.8, 4) is 5.69 Å². The molecule has 1 unspecified atom stereocenters. The Morgan fingerprint density at radius 1 is 1.24 bits per heavy atom. The zero-order valence-corrected chi connectivity index (χ0v) is 15.8. The summed E-state index contributed by atoms with van der Waals surface area (Å²) >= 11 is 0. The third kappa shape index (κ3) is 5.60. The number of ether oxygens (including phenoxy) is 1. The number of guanidine groups is 1. The van der Waals surface area contributed by atoms with Gasteiger partial charge in [-0.2, -0.15) is 5.10 Å². The number of methoxy groups -OCH3 is 1. The molecule has 0 saturated heterocycles. The molecule has 2 N–H and O–H groups in total. The van der Waals surface area contributed by atoms with Gasteiger partial charge in [-0.3, -0.25) is 4.99 Å². The van der Waals surface area contributed by atoms with Crippen molar-refractivity contribution >= 4 is 5.96 Å². The molecule has 0 spiro atoms. The Hall–Kier alpha value is -2.34. The number of aromatic nitrogens is 2. The van der Waals surface area contributed by atoms with Crippen LogP contribution in [0.15, 0.2) is 47.7 Å². The average Bonchev–Trinajstić information content (AvgIpc) is 3.12. The first-order chi connectivity index (χ1) is 11.9. The van der Waals surface area contributed by atoms with Gasteiger partial charge in [-0.05, 0) is 29.2 Å². The van der Waals surface area contributed by atoms with Crippen LogP contribution in [0, 0.1) is 5.41 Å². The maximum Gasteiger partial charge on any atom is 0.191 e. The maximum atomic E-state index is 5.57. The predicted molar refractivity (Wildman–Crippen MR) is 102 cm³/mol. The van der Waals surface area contributed by atoms with Gasteiger partial charge in [0.2, 0.25) is 0 Å². The Morgan fingerprint density at radius 3 is 2.48 bits per heavy atom. The number of hydrogen-bond donors (Lipinski definition) is 2. The zero-order chi connectivity index (χ0) is 18.3. The summed E-state index contributed by atoms with van der Waals surface area (Å²) in [6.07, 6.45) is 3.82. The summed E-state index contributed by atoms with van der Waals surface area (Å²) in [5.41, 5.74) is 2.30. The second-order valence-electron chi connectivity index (χ2n) is 7.01. The molecular weight excluding hydrogens is 314 g/mol. The molecule has 2 aromatic rings. The van der Waals surface area contributed by atoms with E-state index in [1.807, 2.05) is 16.9 Å². The lowest BCUT2D eigenvalue weighted by molar-refractivity contribution is 0.0205. The first-order valence-electron chi connectivity index (χ1n) is 8.50. The van der Waals surface area contributed by atoms with Crippen molar-refractivity contribution in [2.45, 2.75) is 33.4 Å².